The van der Waals surface area contributed by atoms with E-state index in [0.717, 1.165) is 14.7 Å². The number of imide groups is 1. The van der Waals surface area contributed by atoms with Gasteiger partial charge < -0.3 is 14.6 Å². The topological polar surface area (TPSA) is 93.1 Å². The highest BCUT2D eigenvalue weighted by molar-refractivity contribution is 7.99. The highest BCUT2D eigenvalue weighted by Crippen LogP contribution is 2.51. The second-order valence-corrected chi connectivity index (χ2v) is 9.81. The first-order chi connectivity index (χ1) is 15.7. The Labute approximate surface area is 208 Å². The summed E-state index contributed by atoms with van der Waals surface area (Å²) in [5.74, 6) is -0.420. The number of likely N-dealkylation sites (tertiary alicyclic amines) is 1. The van der Waals surface area contributed by atoms with Gasteiger partial charge in [0, 0.05) is 25.0 Å². The number of carbonyl (C=O) groups is 3. The van der Waals surface area contributed by atoms with Crippen LogP contribution in [0.1, 0.15) is 32.1 Å². The molecule has 0 aliphatic carbocycles. The predicted molar refractivity (Wildman–Crippen MR) is 124 cm³/mol. The molecule has 0 radical (unpaired) electrons. The van der Waals surface area contributed by atoms with Gasteiger partial charge in [0.15, 0.2) is 0 Å². The smallest absolute Gasteiger partial charge is 0.326 e. The highest BCUT2D eigenvalue weighted by Gasteiger charge is 2.38. The number of hydrogen-bond donors (Lipinski definition) is 1. The summed E-state index contributed by atoms with van der Waals surface area (Å²) in [5, 5.41) is 10.6. The van der Waals surface area contributed by atoms with Crippen molar-refractivity contribution in [2.45, 2.75) is 47.9 Å². The summed E-state index contributed by atoms with van der Waals surface area (Å²) in [6.07, 6.45) is 1.27. The zero-order chi connectivity index (χ0) is 23.7. The largest absolute Gasteiger partial charge is 0.492 e. The van der Waals surface area contributed by atoms with Crippen LogP contribution in [0.2, 0.25) is 15.1 Å². The number of unbranched alkanes of at least 4 members (excludes halogenated alkanes) is 1. The molecule has 2 aromatic rings. The van der Waals surface area contributed by atoms with Gasteiger partial charge in [0.1, 0.15) is 23.3 Å². The summed E-state index contributed by atoms with van der Waals surface area (Å²) >= 11 is 20.0. The Morgan fingerprint density at radius 1 is 1.00 bits per heavy atom. The quantitative estimate of drug-likeness (QED) is 0.280. The maximum atomic E-state index is 11.8. The molecular formula is C22H18Cl3NO6S. The molecular weight excluding hydrogens is 513 g/mol. The molecule has 2 aromatic carbocycles. The third-order valence-electron chi connectivity index (χ3n) is 5.24. The van der Waals surface area contributed by atoms with Gasteiger partial charge in [-0.1, -0.05) is 46.6 Å². The van der Waals surface area contributed by atoms with Crippen LogP contribution < -0.4 is 9.47 Å². The zero-order valence-corrected chi connectivity index (χ0v) is 20.2. The standard InChI is InChI=1S/C22H18Cl3NO6S/c23-11-7-16-18(9-12(11)24)33-19-10-15(13(25)8-17(19)32-16)31-6-2-1-3-14(22(29)30)26-20(27)4-5-21(26)28/h7-10,14H,1-6H2,(H,29,30). The molecule has 11 heteroatoms. The van der Waals surface area contributed by atoms with E-state index in [0.29, 0.717) is 45.2 Å². The molecule has 7 nitrogen and oxygen atoms in total. The molecule has 2 aliphatic rings. The molecule has 0 saturated carbocycles. The molecule has 0 aromatic heterocycles. The van der Waals surface area contributed by atoms with Crippen LogP contribution in [-0.2, 0) is 14.4 Å². The van der Waals surface area contributed by atoms with Crippen molar-refractivity contribution in [3.8, 4) is 17.2 Å². The number of carboxylic acids is 1. The van der Waals surface area contributed by atoms with Gasteiger partial charge in [0.2, 0.25) is 11.8 Å². The lowest BCUT2D eigenvalue weighted by Crippen LogP contribution is -2.44. The van der Waals surface area contributed by atoms with Gasteiger partial charge in [0.05, 0.1) is 31.5 Å². The van der Waals surface area contributed by atoms with Crippen molar-refractivity contribution in [3.63, 3.8) is 0 Å². The number of amides is 2. The molecule has 2 aliphatic heterocycles. The van der Waals surface area contributed by atoms with Crippen molar-refractivity contribution in [3.05, 3.63) is 39.3 Å². The molecule has 0 spiro atoms. The van der Waals surface area contributed by atoms with E-state index in [9.17, 15) is 19.5 Å². The van der Waals surface area contributed by atoms with Crippen molar-refractivity contribution >= 4 is 64.3 Å². The van der Waals surface area contributed by atoms with E-state index in [2.05, 4.69) is 0 Å². The Bertz CT molecular complexity index is 1130. The minimum absolute atomic E-state index is 0.0635. The Morgan fingerprint density at radius 3 is 2.27 bits per heavy atom. The molecule has 1 atom stereocenters. The molecule has 2 heterocycles. The van der Waals surface area contributed by atoms with E-state index in [1.54, 1.807) is 24.3 Å². The van der Waals surface area contributed by atoms with E-state index in [1.165, 1.54) is 11.8 Å². The number of hydrogen-bond acceptors (Lipinski definition) is 6. The monoisotopic (exact) mass is 529 g/mol. The summed E-state index contributed by atoms with van der Waals surface area (Å²) in [5.41, 5.74) is 0. The van der Waals surface area contributed by atoms with Crippen LogP contribution in [0.15, 0.2) is 34.1 Å². The van der Waals surface area contributed by atoms with Gasteiger partial charge in [-0.15, -0.1) is 0 Å². The first-order valence-electron chi connectivity index (χ1n) is 10.1. The normalized spacial score (nSPS) is 15.7. The number of nitrogens with zero attached hydrogens (tertiary/aromatic N) is 1. The van der Waals surface area contributed by atoms with Gasteiger partial charge in [-0.2, -0.15) is 0 Å². The van der Waals surface area contributed by atoms with Crippen LogP contribution in [0.25, 0.3) is 0 Å². The SMILES string of the molecule is O=C(O)C(CCCCOc1cc2c(cc1Cl)Oc1cc(Cl)c(Cl)cc1S2)N1C(=O)CCC1=O. The maximum Gasteiger partial charge on any atom is 0.326 e. The lowest BCUT2D eigenvalue weighted by Gasteiger charge is -2.22. The fraction of sp³-hybridized carbons (Fsp3) is 0.318. The average molecular weight is 531 g/mol. The van der Waals surface area contributed by atoms with E-state index in [4.69, 9.17) is 44.3 Å². The molecule has 1 unspecified atom stereocenters. The molecule has 1 N–H and O–H groups in total. The predicted octanol–water partition coefficient (Wildman–Crippen LogP) is 6.06. The maximum absolute atomic E-state index is 11.8. The number of carbonyl (C=O) groups excluding carboxylic acids is 2. The van der Waals surface area contributed by atoms with E-state index < -0.39 is 23.8 Å². The van der Waals surface area contributed by atoms with Crippen molar-refractivity contribution in [1.29, 1.82) is 0 Å². The molecule has 4 rings (SSSR count). The van der Waals surface area contributed by atoms with Gasteiger partial charge in [-0.25, -0.2) is 4.79 Å². The molecule has 2 amide bonds. The molecule has 174 valence electrons. The van der Waals surface area contributed by atoms with Crippen LogP contribution in [0.3, 0.4) is 0 Å². The second-order valence-electron chi connectivity index (χ2n) is 7.50. The number of aliphatic carboxylic acids is 1. The van der Waals surface area contributed by atoms with Gasteiger partial charge in [0.25, 0.3) is 0 Å². The van der Waals surface area contributed by atoms with Crippen LogP contribution in [-0.4, -0.2) is 40.4 Å². The molecule has 33 heavy (non-hydrogen) atoms. The number of ether oxygens (including phenoxy) is 2. The first-order valence-corrected chi connectivity index (χ1v) is 12.1. The summed E-state index contributed by atoms with van der Waals surface area (Å²) in [7, 11) is 0. The summed E-state index contributed by atoms with van der Waals surface area (Å²) in [6.45, 7) is 0.288. The Kier molecular flexibility index (Phi) is 7.28. The number of halogens is 3. The van der Waals surface area contributed by atoms with E-state index in [1.807, 2.05) is 0 Å². The number of rotatable bonds is 8. The number of benzene rings is 2. The minimum Gasteiger partial charge on any atom is -0.492 e. The van der Waals surface area contributed by atoms with Crippen LogP contribution in [0.4, 0.5) is 0 Å². The number of carboxylic acid groups (broad SMARTS) is 1. The highest BCUT2D eigenvalue weighted by atomic mass is 35.5. The summed E-state index contributed by atoms with van der Waals surface area (Å²) in [4.78, 5) is 37.7. The van der Waals surface area contributed by atoms with Crippen molar-refractivity contribution in [2.75, 3.05) is 6.61 Å². The molecule has 1 fully saturated rings. The molecule has 0 bridgehead atoms. The third kappa shape index (κ3) is 5.19. The summed E-state index contributed by atoms with van der Waals surface area (Å²) in [6, 6.07) is 5.68. The Balaban J connectivity index is 1.34. The van der Waals surface area contributed by atoms with Crippen molar-refractivity contribution in [1.82, 2.24) is 4.90 Å². The third-order valence-corrected chi connectivity index (χ3v) is 7.34. The van der Waals surface area contributed by atoms with Crippen molar-refractivity contribution < 1.29 is 29.0 Å². The van der Waals surface area contributed by atoms with Gasteiger partial charge in [-0.3, -0.25) is 14.5 Å². The van der Waals surface area contributed by atoms with Crippen LogP contribution >= 0.6 is 46.6 Å². The van der Waals surface area contributed by atoms with E-state index >= 15 is 0 Å². The zero-order valence-electron chi connectivity index (χ0n) is 17.1. The van der Waals surface area contributed by atoms with E-state index in [-0.39, 0.29) is 25.9 Å². The fourth-order valence-corrected chi connectivity index (χ4v) is 5.19. The fourth-order valence-electron chi connectivity index (χ4n) is 3.62. The second kappa shape index (κ2) is 10.0. The summed E-state index contributed by atoms with van der Waals surface area (Å²) < 4.78 is 11.7. The lowest BCUT2D eigenvalue weighted by molar-refractivity contribution is -0.154. The minimum atomic E-state index is -1.18. The Morgan fingerprint density at radius 2 is 1.61 bits per heavy atom. The van der Waals surface area contributed by atoms with Crippen LogP contribution in [0, 0.1) is 0 Å². The number of fused-ring (bicyclic) bond motifs is 2. The van der Waals surface area contributed by atoms with Gasteiger partial charge >= 0.3 is 5.97 Å². The lowest BCUT2D eigenvalue weighted by atomic mass is 10.1. The van der Waals surface area contributed by atoms with Gasteiger partial charge in [-0.05, 0) is 31.4 Å². The average Bonchev–Trinajstić information content (AvgIpc) is 3.08. The first kappa shape index (κ1) is 24.0. The Hall–Kier alpha value is -2.13. The van der Waals surface area contributed by atoms with Crippen LogP contribution in [0.5, 0.6) is 17.2 Å². The van der Waals surface area contributed by atoms with Crippen molar-refractivity contribution in [2.24, 2.45) is 0 Å². The molecule has 1 saturated heterocycles.